The molecule has 0 radical (unpaired) electrons. The molecule has 0 N–H and O–H groups in total. The van der Waals surface area contributed by atoms with Crippen LogP contribution >= 0.6 is 15.9 Å². The van der Waals surface area contributed by atoms with Crippen molar-refractivity contribution in [1.82, 2.24) is 19.8 Å². The van der Waals surface area contributed by atoms with E-state index >= 15 is 0 Å². The van der Waals surface area contributed by atoms with Gasteiger partial charge in [-0.2, -0.15) is 0 Å². The van der Waals surface area contributed by atoms with Gasteiger partial charge in [-0.05, 0) is 59.0 Å². The van der Waals surface area contributed by atoms with E-state index < -0.39 is 5.82 Å². The Labute approximate surface area is 188 Å². The number of halogens is 2. The molecule has 6 nitrogen and oxygen atoms in total. The number of carbonyl (C=O) groups excluding carboxylic acids is 1. The van der Waals surface area contributed by atoms with E-state index in [1.165, 1.54) is 6.07 Å². The van der Waals surface area contributed by atoms with Gasteiger partial charge in [-0.25, -0.2) is 14.4 Å². The zero-order chi connectivity index (χ0) is 21.5. The standard InChI is InChI=1S/C23H22BrFN4O2/c1-28-13-15(24)6-7-20(28)31-19-11-14-10-18(19)29(12-14)23(30)21-16(4-2-5-17(21)25)22-26-8-3-9-27-22/h2-9,13-14,18-20H,10-12H2,1H3. The molecule has 4 atom stereocenters. The molecule has 1 aliphatic carbocycles. The van der Waals surface area contributed by atoms with Crippen LogP contribution in [0.15, 0.2) is 59.5 Å². The van der Waals surface area contributed by atoms with Crippen LogP contribution in [0, 0.1) is 11.7 Å². The Balaban J connectivity index is 1.40. The first-order chi connectivity index (χ1) is 15.0. The molecule has 1 saturated heterocycles. The molecule has 160 valence electrons. The van der Waals surface area contributed by atoms with Gasteiger partial charge in [0.2, 0.25) is 0 Å². The highest BCUT2D eigenvalue weighted by Crippen LogP contribution is 2.42. The Bertz CT molecular complexity index is 1060. The molecule has 31 heavy (non-hydrogen) atoms. The Morgan fingerprint density at radius 2 is 2.03 bits per heavy atom. The molecule has 3 heterocycles. The molecule has 2 bridgehead atoms. The SMILES string of the molecule is CN1C=C(Br)C=CC1OC1CC2CC1N(C(=O)c1c(F)cccc1-c1ncccn1)C2. The van der Waals surface area contributed by atoms with Crippen molar-refractivity contribution in [3.63, 3.8) is 0 Å². The topological polar surface area (TPSA) is 58.6 Å². The number of likely N-dealkylation sites (tertiary alicyclic amines) is 1. The minimum absolute atomic E-state index is 0.0292. The van der Waals surface area contributed by atoms with Crippen molar-refractivity contribution in [3.05, 3.63) is 70.9 Å². The number of carbonyl (C=O) groups is 1. The summed E-state index contributed by atoms with van der Waals surface area (Å²) in [5.74, 6) is -0.173. The number of rotatable bonds is 4. The van der Waals surface area contributed by atoms with Crippen molar-refractivity contribution in [2.75, 3.05) is 13.6 Å². The summed E-state index contributed by atoms with van der Waals surface area (Å²) in [4.78, 5) is 25.7. The second-order valence-corrected chi connectivity index (χ2v) is 9.12. The van der Waals surface area contributed by atoms with Gasteiger partial charge >= 0.3 is 0 Å². The average Bonchev–Trinajstić information content (AvgIpc) is 3.36. The van der Waals surface area contributed by atoms with Crippen LogP contribution in [0.5, 0.6) is 0 Å². The van der Waals surface area contributed by atoms with Crippen LogP contribution in [0.3, 0.4) is 0 Å². The molecule has 2 fully saturated rings. The Morgan fingerprint density at radius 3 is 2.77 bits per heavy atom. The Kier molecular flexibility index (Phi) is 5.35. The molecular weight excluding hydrogens is 463 g/mol. The number of amides is 1. The number of fused-ring (bicyclic) bond motifs is 2. The van der Waals surface area contributed by atoms with Crippen molar-refractivity contribution >= 4 is 21.8 Å². The molecule has 2 aliphatic heterocycles. The van der Waals surface area contributed by atoms with Gasteiger partial charge in [-0.15, -0.1) is 0 Å². The fraction of sp³-hybridized carbons (Fsp3) is 0.348. The van der Waals surface area contributed by atoms with Crippen molar-refractivity contribution < 1.29 is 13.9 Å². The van der Waals surface area contributed by atoms with Gasteiger partial charge in [0.15, 0.2) is 5.82 Å². The largest absolute Gasteiger partial charge is 0.351 e. The van der Waals surface area contributed by atoms with E-state index in [2.05, 4.69) is 25.9 Å². The van der Waals surface area contributed by atoms with E-state index in [0.717, 1.165) is 17.3 Å². The van der Waals surface area contributed by atoms with Crippen molar-refractivity contribution in [1.29, 1.82) is 0 Å². The van der Waals surface area contributed by atoms with Gasteiger partial charge in [0.25, 0.3) is 5.91 Å². The first-order valence-corrected chi connectivity index (χ1v) is 11.1. The minimum Gasteiger partial charge on any atom is -0.351 e. The lowest BCUT2D eigenvalue weighted by atomic mass is 10.0. The normalized spacial score (nSPS) is 27.0. The van der Waals surface area contributed by atoms with Crippen molar-refractivity contribution in [2.45, 2.75) is 31.2 Å². The van der Waals surface area contributed by atoms with Gasteiger partial charge < -0.3 is 14.5 Å². The molecule has 0 spiro atoms. The van der Waals surface area contributed by atoms with Crippen LogP contribution in [0.4, 0.5) is 4.39 Å². The van der Waals surface area contributed by atoms with Crippen LogP contribution in [-0.2, 0) is 4.74 Å². The zero-order valence-corrected chi connectivity index (χ0v) is 18.6. The fourth-order valence-corrected chi connectivity index (χ4v) is 5.27. The average molecular weight is 485 g/mol. The van der Waals surface area contributed by atoms with Crippen molar-refractivity contribution in [3.8, 4) is 11.4 Å². The van der Waals surface area contributed by atoms with E-state index in [4.69, 9.17) is 4.74 Å². The molecular formula is C23H22BrFN4O2. The lowest BCUT2D eigenvalue weighted by Gasteiger charge is -2.37. The van der Waals surface area contributed by atoms with Gasteiger partial charge in [0, 0.05) is 42.2 Å². The third-order valence-electron chi connectivity index (χ3n) is 6.18. The van der Waals surface area contributed by atoms with Crippen LogP contribution in [0.1, 0.15) is 23.2 Å². The second-order valence-electron chi connectivity index (χ2n) is 8.20. The van der Waals surface area contributed by atoms with E-state index in [1.54, 1.807) is 35.5 Å². The summed E-state index contributed by atoms with van der Waals surface area (Å²) >= 11 is 3.47. The van der Waals surface area contributed by atoms with Crippen LogP contribution in [-0.4, -0.2) is 57.6 Å². The molecule has 5 rings (SSSR count). The van der Waals surface area contributed by atoms with Gasteiger partial charge in [0.05, 0.1) is 17.7 Å². The summed E-state index contributed by atoms with van der Waals surface area (Å²) in [7, 11) is 1.96. The maximum atomic E-state index is 14.9. The van der Waals surface area contributed by atoms with Crippen LogP contribution < -0.4 is 0 Å². The number of hydrogen-bond donors (Lipinski definition) is 0. The van der Waals surface area contributed by atoms with Crippen LogP contribution in [0.25, 0.3) is 11.4 Å². The summed E-state index contributed by atoms with van der Waals surface area (Å²) in [5, 5.41) is 0. The number of allylic oxidation sites excluding steroid dienone is 2. The fourth-order valence-electron chi connectivity index (χ4n) is 4.80. The smallest absolute Gasteiger partial charge is 0.257 e. The quantitative estimate of drug-likeness (QED) is 0.656. The molecule has 4 unspecified atom stereocenters. The molecule has 1 amide bonds. The highest BCUT2D eigenvalue weighted by atomic mass is 79.9. The number of ether oxygens (including phenoxy) is 1. The summed E-state index contributed by atoms with van der Waals surface area (Å²) in [6, 6.07) is 6.21. The van der Waals surface area contributed by atoms with Gasteiger partial charge in [0.1, 0.15) is 12.0 Å². The van der Waals surface area contributed by atoms with E-state index in [9.17, 15) is 9.18 Å². The summed E-state index contributed by atoms with van der Waals surface area (Å²) in [5.41, 5.74) is 0.442. The molecule has 2 aromatic rings. The highest BCUT2D eigenvalue weighted by molar-refractivity contribution is 9.11. The lowest BCUT2D eigenvalue weighted by Crippen LogP contribution is -2.48. The highest BCUT2D eigenvalue weighted by Gasteiger charge is 2.49. The predicted molar refractivity (Wildman–Crippen MR) is 118 cm³/mol. The maximum Gasteiger partial charge on any atom is 0.257 e. The van der Waals surface area contributed by atoms with Crippen LogP contribution in [0.2, 0.25) is 0 Å². The second kappa shape index (κ2) is 8.16. The minimum atomic E-state index is -0.555. The molecule has 1 aromatic carbocycles. The first kappa shape index (κ1) is 20.3. The monoisotopic (exact) mass is 484 g/mol. The Morgan fingerprint density at radius 1 is 1.23 bits per heavy atom. The third kappa shape index (κ3) is 3.78. The number of nitrogens with zero attached hydrogens (tertiary/aromatic N) is 4. The van der Waals surface area contributed by atoms with E-state index in [1.807, 2.05) is 30.3 Å². The summed E-state index contributed by atoms with van der Waals surface area (Å²) in [6.45, 7) is 0.620. The molecule has 1 aromatic heterocycles. The number of piperidine rings is 1. The number of aromatic nitrogens is 2. The number of benzene rings is 1. The molecule has 8 heteroatoms. The molecule has 3 aliphatic rings. The van der Waals surface area contributed by atoms with Crippen molar-refractivity contribution in [2.24, 2.45) is 5.92 Å². The lowest BCUT2D eigenvalue weighted by molar-refractivity contribution is -0.0760. The van der Waals surface area contributed by atoms with E-state index in [-0.39, 0.29) is 29.8 Å². The summed E-state index contributed by atoms with van der Waals surface area (Å²) < 4.78 is 22.2. The van der Waals surface area contributed by atoms with Gasteiger partial charge in [-0.1, -0.05) is 12.1 Å². The predicted octanol–water partition coefficient (Wildman–Crippen LogP) is 3.97. The first-order valence-electron chi connectivity index (χ1n) is 10.3. The number of likely N-dealkylation sites (N-methyl/N-ethyl adjacent to an activating group) is 1. The number of hydrogen-bond acceptors (Lipinski definition) is 5. The van der Waals surface area contributed by atoms with E-state index in [0.29, 0.717) is 23.9 Å². The maximum absolute atomic E-state index is 14.9. The van der Waals surface area contributed by atoms with Gasteiger partial charge in [-0.3, -0.25) is 4.79 Å². The zero-order valence-electron chi connectivity index (χ0n) is 17.0. The third-order valence-corrected chi connectivity index (χ3v) is 6.65. The summed E-state index contributed by atoms with van der Waals surface area (Å²) in [6.07, 6.45) is 10.6. The Hall–Kier alpha value is -2.58. The molecule has 1 saturated carbocycles.